The first-order valence-electron chi connectivity index (χ1n) is 6.45. The Hall–Kier alpha value is -0.930. The summed E-state index contributed by atoms with van der Waals surface area (Å²) >= 11 is 11.9. The van der Waals surface area contributed by atoms with Gasteiger partial charge in [-0.25, -0.2) is 0 Å². The lowest BCUT2D eigenvalue weighted by atomic mass is 9.94. The molecule has 2 rings (SSSR count). The lowest BCUT2D eigenvalue weighted by Crippen LogP contribution is -2.44. The highest BCUT2D eigenvalue weighted by Gasteiger charge is 2.28. The van der Waals surface area contributed by atoms with Crippen LogP contribution >= 0.6 is 23.2 Å². The van der Waals surface area contributed by atoms with Gasteiger partial charge in [-0.05, 0) is 37.8 Å². The molecule has 1 aliphatic heterocycles. The summed E-state index contributed by atoms with van der Waals surface area (Å²) in [5.74, 6) is 0.504. The number of benzene rings is 1. The topological polar surface area (TPSA) is 46.3 Å². The molecule has 1 heterocycles. The van der Waals surface area contributed by atoms with Crippen molar-refractivity contribution < 1.29 is 4.79 Å². The number of anilines is 1. The zero-order valence-electron chi connectivity index (χ0n) is 11.1. The van der Waals surface area contributed by atoms with Crippen molar-refractivity contribution in [3.63, 3.8) is 0 Å². The van der Waals surface area contributed by atoms with Crippen LogP contribution in [0.3, 0.4) is 0 Å². The van der Waals surface area contributed by atoms with E-state index in [1.54, 1.807) is 12.1 Å². The Balaban J connectivity index is 2.28. The van der Waals surface area contributed by atoms with Crippen molar-refractivity contribution in [3.8, 4) is 0 Å². The summed E-state index contributed by atoms with van der Waals surface area (Å²) in [6.45, 7) is 5.01. The summed E-state index contributed by atoms with van der Waals surface area (Å²) in [4.78, 5) is 14.4. The number of nitrogen functional groups attached to an aromatic ring is 1. The van der Waals surface area contributed by atoms with Gasteiger partial charge in [0, 0.05) is 18.2 Å². The molecule has 0 radical (unpaired) electrons. The average Bonchev–Trinajstić information content (AvgIpc) is 2.37. The minimum atomic E-state index is -0.0238. The van der Waals surface area contributed by atoms with Gasteiger partial charge in [0.15, 0.2) is 0 Å². The van der Waals surface area contributed by atoms with E-state index in [2.05, 4.69) is 13.8 Å². The van der Waals surface area contributed by atoms with E-state index in [1.165, 1.54) is 0 Å². The van der Waals surface area contributed by atoms with Crippen LogP contribution in [0.15, 0.2) is 12.1 Å². The number of carbonyl (C=O) groups is 1. The monoisotopic (exact) mass is 300 g/mol. The van der Waals surface area contributed by atoms with Crippen molar-refractivity contribution in [2.24, 2.45) is 5.92 Å². The number of amides is 1. The maximum Gasteiger partial charge on any atom is 0.254 e. The van der Waals surface area contributed by atoms with Crippen LogP contribution in [0.4, 0.5) is 5.69 Å². The quantitative estimate of drug-likeness (QED) is 0.801. The van der Waals surface area contributed by atoms with Crippen LogP contribution in [0.25, 0.3) is 0 Å². The molecule has 0 aliphatic carbocycles. The molecule has 2 N–H and O–H groups in total. The Bertz CT molecular complexity index is 481. The summed E-state index contributed by atoms with van der Waals surface area (Å²) in [6, 6.07) is 3.44. The van der Waals surface area contributed by atoms with E-state index >= 15 is 0 Å². The van der Waals surface area contributed by atoms with E-state index in [0.29, 0.717) is 27.2 Å². The second-order valence-corrected chi connectivity index (χ2v) is 6.14. The van der Waals surface area contributed by atoms with Crippen molar-refractivity contribution in [1.82, 2.24) is 4.90 Å². The molecule has 2 unspecified atom stereocenters. The molecule has 3 nitrogen and oxygen atoms in total. The molecule has 1 fully saturated rings. The Morgan fingerprint density at radius 1 is 1.32 bits per heavy atom. The summed E-state index contributed by atoms with van der Waals surface area (Å²) in [5, 5.41) is 0.626. The fourth-order valence-corrected chi connectivity index (χ4v) is 2.81. The molecule has 104 valence electrons. The van der Waals surface area contributed by atoms with Gasteiger partial charge in [-0.2, -0.15) is 0 Å². The van der Waals surface area contributed by atoms with E-state index < -0.39 is 0 Å². The van der Waals surface area contributed by atoms with Gasteiger partial charge in [-0.1, -0.05) is 30.1 Å². The van der Waals surface area contributed by atoms with Crippen LogP contribution < -0.4 is 5.73 Å². The average molecular weight is 301 g/mol. The van der Waals surface area contributed by atoms with Crippen LogP contribution in [-0.2, 0) is 0 Å². The maximum atomic E-state index is 12.5. The number of halogens is 2. The predicted octanol–water partition coefficient (Wildman–Crippen LogP) is 3.84. The van der Waals surface area contributed by atoms with Crippen molar-refractivity contribution in [1.29, 1.82) is 0 Å². The van der Waals surface area contributed by atoms with E-state index in [9.17, 15) is 4.79 Å². The molecule has 19 heavy (non-hydrogen) atoms. The number of rotatable bonds is 1. The molecule has 0 spiro atoms. The third-order valence-corrected chi connectivity index (χ3v) is 4.50. The van der Waals surface area contributed by atoms with Gasteiger partial charge in [-0.3, -0.25) is 4.79 Å². The van der Waals surface area contributed by atoms with Crippen LogP contribution in [0.5, 0.6) is 0 Å². The van der Waals surface area contributed by atoms with Gasteiger partial charge in [-0.15, -0.1) is 0 Å². The van der Waals surface area contributed by atoms with Crippen LogP contribution in [-0.4, -0.2) is 23.4 Å². The van der Waals surface area contributed by atoms with Crippen molar-refractivity contribution in [2.75, 3.05) is 12.3 Å². The number of hydrogen-bond donors (Lipinski definition) is 1. The number of nitrogens with two attached hydrogens (primary N) is 1. The first-order valence-corrected chi connectivity index (χ1v) is 7.21. The van der Waals surface area contributed by atoms with E-state index in [-0.39, 0.29) is 11.9 Å². The molecule has 1 aromatic carbocycles. The van der Waals surface area contributed by atoms with E-state index in [4.69, 9.17) is 28.9 Å². The minimum absolute atomic E-state index is 0.0238. The number of carbonyl (C=O) groups excluding carboxylic acids is 1. The number of likely N-dealkylation sites (tertiary alicyclic amines) is 1. The second kappa shape index (κ2) is 5.59. The Kier molecular flexibility index (Phi) is 4.26. The Labute approximate surface area is 123 Å². The maximum absolute atomic E-state index is 12.5. The van der Waals surface area contributed by atoms with Gasteiger partial charge in [0.1, 0.15) is 0 Å². The Morgan fingerprint density at radius 3 is 2.63 bits per heavy atom. The Morgan fingerprint density at radius 2 is 2.00 bits per heavy atom. The van der Waals surface area contributed by atoms with Gasteiger partial charge in [0.25, 0.3) is 5.91 Å². The molecular formula is C14H18Cl2N2O. The van der Waals surface area contributed by atoms with E-state index in [1.807, 2.05) is 4.90 Å². The zero-order chi connectivity index (χ0) is 14.2. The van der Waals surface area contributed by atoms with Gasteiger partial charge in [0.05, 0.1) is 15.7 Å². The summed E-state index contributed by atoms with van der Waals surface area (Å²) in [6.07, 6.45) is 2.19. The first kappa shape index (κ1) is 14.5. The number of piperidine rings is 1. The van der Waals surface area contributed by atoms with Gasteiger partial charge in [0.2, 0.25) is 0 Å². The first-order chi connectivity index (χ1) is 8.90. The van der Waals surface area contributed by atoms with Crippen molar-refractivity contribution in [2.45, 2.75) is 32.7 Å². The van der Waals surface area contributed by atoms with Crippen molar-refractivity contribution >= 4 is 34.8 Å². The third-order valence-electron chi connectivity index (χ3n) is 3.68. The highest BCUT2D eigenvalue weighted by atomic mass is 35.5. The zero-order valence-corrected chi connectivity index (χ0v) is 12.6. The minimum Gasteiger partial charge on any atom is -0.397 e. The fourth-order valence-electron chi connectivity index (χ4n) is 2.47. The van der Waals surface area contributed by atoms with Crippen molar-refractivity contribution in [3.05, 3.63) is 27.7 Å². The third kappa shape index (κ3) is 2.98. The number of hydrogen-bond acceptors (Lipinski definition) is 2. The highest BCUT2D eigenvalue weighted by molar-refractivity contribution is 6.43. The lowest BCUT2D eigenvalue weighted by Gasteiger charge is -2.37. The lowest BCUT2D eigenvalue weighted by molar-refractivity contribution is 0.0574. The molecule has 1 aliphatic rings. The molecule has 0 aromatic heterocycles. The molecule has 2 atom stereocenters. The van der Waals surface area contributed by atoms with E-state index in [0.717, 1.165) is 19.4 Å². The molecule has 1 aromatic rings. The smallest absolute Gasteiger partial charge is 0.254 e. The molecule has 1 saturated heterocycles. The van der Waals surface area contributed by atoms with Crippen LogP contribution in [0.1, 0.15) is 37.0 Å². The molecule has 5 heteroatoms. The predicted molar refractivity (Wildman–Crippen MR) is 79.8 cm³/mol. The molecule has 0 saturated carbocycles. The molecule has 0 bridgehead atoms. The van der Waals surface area contributed by atoms with Crippen LogP contribution in [0, 0.1) is 5.92 Å². The number of nitrogens with zero attached hydrogens (tertiary/aromatic N) is 1. The second-order valence-electron chi connectivity index (χ2n) is 5.35. The standard InChI is InChI=1S/C14H18Cl2N2O/c1-8-3-4-9(2)18(7-8)14(19)10-5-11(15)13(16)12(17)6-10/h5-6,8-9H,3-4,7,17H2,1-2H3. The molecule has 1 amide bonds. The van der Waals surface area contributed by atoms with Crippen LogP contribution in [0.2, 0.25) is 10.0 Å². The summed E-state index contributed by atoms with van der Waals surface area (Å²) in [5.41, 5.74) is 6.61. The SMILES string of the molecule is CC1CCC(C)N(C(=O)c2cc(N)c(Cl)c(Cl)c2)C1. The largest absolute Gasteiger partial charge is 0.397 e. The van der Waals surface area contributed by atoms with Gasteiger partial charge < -0.3 is 10.6 Å². The normalized spacial score (nSPS) is 23.5. The fraction of sp³-hybridized carbons (Fsp3) is 0.500. The highest BCUT2D eigenvalue weighted by Crippen LogP contribution is 2.31. The van der Waals surface area contributed by atoms with Gasteiger partial charge >= 0.3 is 0 Å². The molecular weight excluding hydrogens is 283 g/mol. The summed E-state index contributed by atoms with van der Waals surface area (Å²) < 4.78 is 0. The summed E-state index contributed by atoms with van der Waals surface area (Å²) in [7, 11) is 0.